The van der Waals surface area contributed by atoms with Crippen molar-refractivity contribution in [2.75, 3.05) is 0 Å². The summed E-state index contributed by atoms with van der Waals surface area (Å²) in [6, 6.07) is 4.22. The maximum Gasteiger partial charge on any atom is 0.0551 e. The van der Waals surface area contributed by atoms with E-state index in [4.69, 9.17) is 11.6 Å². The zero-order chi connectivity index (χ0) is 10.9. The van der Waals surface area contributed by atoms with E-state index in [1.165, 1.54) is 11.1 Å². The average Bonchev–Trinajstić information content (AvgIpc) is 2.08. The maximum atomic E-state index is 6.09. The fourth-order valence-electron chi connectivity index (χ4n) is 1.58. The fraction of sp³-hybridized carbons (Fsp3) is 0.500. The molecular weight excluding hydrogens is 259 g/mol. The molecule has 0 saturated carbocycles. The van der Waals surface area contributed by atoms with Gasteiger partial charge in [-0.15, -0.1) is 0 Å². The van der Waals surface area contributed by atoms with Gasteiger partial charge in [-0.1, -0.05) is 39.3 Å². The van der Waals surface area contributed by atoms with Crippen LogP contribution in [-0.2, 0) is 0 Å². The predicted molar refractivity (Wildman–Crippen MR) is 67.3 cm³/mol. The maximum absolute atomic E-state index is 6.09. The molecule has 0 spiro atoms. The zero-order valence-electron chi connectivity index (χ0n) is 9.07. The van der Waals surface area contributed by atoms with E-state index in [9.17, 15) is 0 Å². The summed E-state index contributed by atoms with van der Waals surface area (Å²) < 4.78 is 0.993. The van der Waals surface area contributed by atoms with E-state index in [-0.39, 0.29) is 0 Å². The lowest BCUT2D eigenvalue weighted by Gasteiger charge is -2.17. The van der Waals surface area contributed by atoms with Crippen molar-refractivity contribution in [2.24, 2.45) is 0 Å². The van der Waals surface area contributed by atoms with Gasteiger partial charge >= 0.3 is 0 Å². The van der Waals surface area contributed by atoms with E-state index < -0.39 is 0 Å². The minimum absolute atomic E-state index is 0.526. The van der Waals surface area contributed by atoms with Crippen LogP contribution in [0.3, 0.4) is 0 Å². The van der Waals surface area contributed by atoms with Gasteiger partial charge < -0.3 is 0 Å². The van der Waals surface area contributed by atoms with Crippen LogP contribution in [0.15, 0.2) is 16.6 Å². The van der Waals surface area contributed by atoms with Crippen molar-refractivity contribution in [3.8, 4) is 0 Å². The van der Waals surface area contributed by atoms with Crippen LogP contribution in [0.25, 0.3) is 0 Å². The predicted octanol–water partition coefficient (Wildman–Crippen LogP) is 5.35. The number of halogens is 2. The molecule has 0 unspecified atom stereocenters. The average molecular weight is 276 g/mol. The van der Waals surface area contributed by atoms with Gasteiger partial charge in [0.15, 0.2) is 0 Å². The van der Waals surface area contributed by atoms with Crippen LogP contribution in [0.1, 0.15) is 50.7 Å². The molecule has 0 heterocycles. The molecule has 0 atom stereocenters. The molecule has 0 aromatic heterocycles. The summed E-state index contributed by atoms with van der Waals surface area (Å²) in [6.45, 7) is 8.82. The van der Waals surface area contributed by atoms with E-state index in [1.54, 1.807) is 0 Å². The second-order valence-electron chi connectivity index (χ2n) is 4.20. The van der Waals surface area contributed by atoms with Crippen molar-refractivity contribution in [3.05, 3.63) is 32.8 Å². The van der Waals surface area contributed by atoms with Crippen LogP contribution in [0.2, 0.25) is 5.02 Å². The Kier molecular flexibility index (Phi) is 4.03. The molecule has 0 saturated heterocycles. The lowest BCUT2D eigenvalue weighted by Crippen LogP contribution is -1.98. The first-order valence-electron chi connectivity index (χ1n) is 4.92. The molecule has 0 aliphatic heterocycles. The first-order chi connectivity index (χ1) is 6.43. The molecule has 78 valence electrons. The van der Waals surface area contributed by atoms with Crippen molar-refractivity contribution in [1.29, 1.82) is 0 Å². The van der Waals surface area contributed by atoms with Crippen LogP contribution >= 0.6 is 27.5 Å². The second kappa shape index (κ2) is 4.67. The van der Waals surface area contributed by atoms with Gasteiger partial charge in [0.1, 0.15) is 0 Å². The molecule has 0 nitrogen and oxygen atoms in total. The van der Waals surface area contributed by atoms with Crippen molar-refractivity contribution >= 4 is 27.5 Å². The van der Waals surface area contributed by atoms with Gasteiger partial charge in [-0.25, -0.2) is 0 Å². The Bertz CT molecular complexity index is 296. The van der Waals surface area contributed by atoms with Gasteiger partial charge in [0, 0.05) is 4.47 Å². The summed E-state index contributed by atoms with van der Waals surface area (Å²) in [7, 11) is 0. The molecular formula is C12H16BrCl. The third kappa shape index (κ3) is 2.52. The highest BCUT2D eigenvalue weighted by atomic mass is 79.9. The quantitative estimate of drug-likeness (QED) is 0.682. The van der Waals surface area contributed by atoms with Crippen molar-refractivity contribution < 1.29 is 0 Å². The van der Waals surface area contributed by atoms with Crippen LogP contribution < -0.4 is 0 Å². The molecule has 0 bridgehead atoms. The third-order valence-electron chi connectivity index (χ3n) is 2.37. The van der Waals surface area contributed by atoms with Gasteiger partial charge in [-0.3, -0.25) is 0 Å². The van der Waals surface area contributed by atoms with Crippen molar-refractivity contribution in [1.82, 2.24) is 0 Å². The molecule has 0 amide bonds. The Morgan fingerprint density at radius 3 is 1.86 bits per heavy atom. The summed E-state index contributed by atoms with van der Waals surface area (Å²) >= 11 is 9.55. The van der Waals surface area contributed by atoms with Crippen LogP contribution in [0, 0.1) is 0 Å². The first kappa shape index (κ1) is 12.1. The minimum atomic E-state index is 0.526. The molecule has 0 N–H and O–H groups in total. The first-order valence-corrected chi connectivity index (χ1v) is 6.09. The second-order valence-corrected chi connectivity index (χ2v) is 5.47. The Labute approximate surface area is 99.8 Å². The molecule has 1 aromatic rings. The monoisotopic (exact) mass is 274 g/mol. The van der Waals surface area contributed by atoms with Crippen LogP contribution in [0.5, 0.6) is 0 Å². The van der Waals surface area contributed by atoms with Gasteiger partial charge in [0.2, 0.25) is 0 Å². The lowest BCUT2D eigenvalue weighted by molar-refractivity contribution is 0.789. The highest BCUT2D eigenvalue weighted by molar-refractivity contribution is 9.10. The van der Waals surface area contributed by atoms with Crippen molar-refractivity contribution in [2.45, 2.75) is 39.5 Å². The van der Waals surface area contributed by atoms with Gasteiger partial charge in [0.25, 0.3) is 0 Å². The van der Waals surface area contributed by atoms with E-state index in [0.29, 0.717) is 11.8 Å². The molecule has 14 heavy (non-hydrogen) atoms. The van der Waals surface area contributed by atoms with E-state index in [2.05, 4.69) is 55.8 Å². The summed E-state index contributed by atoms with van der Waals surface area (Å²) in [4.78, 5) is 0. The molecule has 1 rings (SSSR count). The molecule has 0 radical (unpaired) electrons. The molecule has 1 aromatic carbocycles. The Morgan fingerprint density at radius 2 is 1.43 bits per heavy atom. The fourth-order valence-corrected chi connectivity index (χ4v) is 2.11. The lowest BCUT2D eigenvalue weighted by atomic mass is 9.91. The summed E-state index contributed by atoms with van der Waals surface area (Å²) in [6.07, 6.45) is 0. The minimum Gasteiger partial charge on any atom is -0.0831 e. The molecule has 0 fully saturated rings. The van der Waals surface area contributed by atoms with Gasteiger partial charge in [-0.2, -0.15) is 0 Å². The summed E-state index contributed by atoms with van der Waals surface area (Å²) in [5, 5.41) is 0.804. The van der Waals surface area contributed by atoms with Crippen molar-refractivity contribution in [3.63, 3.8) is 0 Å². The largest absolute Gasteiger partial charge is 0.0831 e. The SMILES string of the molecule is CC(C)c1cc(Cl)c(Br)cc1C(C)C. The highest BCUT2D eigenvalue weighted by Gasteiger charge is 2.12. The highest BCUT2D eigenvalue weighted by Crippen LogP contribution is 2.33. The standard InChI is InChI=1S/C12H16BrCl/c1-7(2)9-5-11(13)12(14)6-10(9)8(3)4/h5-8H,1-4H3. The summed E-state index contributed by atoms with van der Waals surface area (Å²) in [5.74, 6) is 1.07. The van der Waals surface area contributed by atoms with E-state index in [1.807, 2.05) is 0 Å². The Morgan fingerprint density at radius 1 is 1.00 bits per heavy atom. The topological polar surface area (TPSA) is 0 Å². The molecule has 0 aliphatic carbocycles. The third-order valence-corrected chi connectivity index (χ3v) is 3.57. The number of rotatable bonds is 2. The summed E-state index contributed by atoms with van der Waals surface area (Å²) in [5.41, 5.74) is 2.74. The number of hydrogen-bond donors (Lipinski definition) is 0. The normalized spacial score (nSPS) is 11.4. The Hall–Kier alpha value is -0.0100. The Balaban J connectivity index is 3.31. The van der Waals surface area contributed by atoms with E-state index in [0.717, 1.165) is 9.50 Å². The van der Waals surface area contributed by atoms with Gasteiger partial charge in [-0.05, 0) is 51.0 Å². The smallest absolute Gasteiger partial charge is 0.0551 e. The van der Waals surface area contributed by atoms with Crippen LogP contribution in [-0.4, -0.2) is 0 Å². The molecule has 0 aliphatic rings. The van der Waals surface area contributed by atoms with E-state index >= 15 is 0 Å². The van der Waals surface area contributed by atoms with Gasteiger partial charge in [0.05, 0.1) is 5.02 Å². The molecule has 2 heteroatoms. The number of hydrogen-bond acceptors (Lipinski definition) is 0. The zero-order valence-corrected chi connectivity index (χ0v) is 11.4. The van der Waals surface area contributed by atoms with Crippen LogP contribution in [0.4, 0.5) is 0 Å². The number of benzene rings is 1.